The number of aromatic carboxylic acids is 3. The summed E-state index contributed by atoms with van der Waals surface area (Å²) in [4.78, 5) is 33.2. The highest BCUT2D eigenvalue weighted by atomic mass is 16.6. The summed E-state index contributed by atoms with van der Waals surface area (Å²) in [6, 6.07) is 1.93. The largest absolute Gasteiger partial charge is 0.478 e. The van der Waals surface area contributed by atoms with Gasteiger partial charge in [-0.05, 0) is 17.7 Å². The minimum absolute atomic E-state index is 0.0903. The maximum atomic E-state index is 11.1. The van der Waals surface area contributed by atoms with Gasteiger partial charge < -0.3 is 20.1 Å². The number of carbonyl (C=O) groups is 3. The topological polar surface area (TPSA) is 124 Å². The van der Waals surface area contributed by atoms with Crippen LogP contribution < -0.4 is 0 Å². The second-order valence-corrected chi connectivity index (χ2v) is 4.12. The summed E-state index contributed by atoms with van der Waals surface area (Å²) in [7, 11) is 0. The summed E-state index contributed by atoms with van der Waals surface area (Å²) in [6.07, 6.45) is -0.0599. The van der Waals surface area contributed by atoms with Crippen LogP contribution in [0.4, 0.5) is 0 Å². The Hall–Kier alpha value is -2.41. The first-order valence-electron chi connectivity index (χ1n) is 5.38. The molecule has 0 radical (unpaired) electrons. The lowest BCUT2D eigenvalue weighted by molar-refractivity contribution is 0.0694. The number of benzene rings is 1. The molecule has 1 heterocycles. The molecule has 0 bridgehead atoms. The number of epoxide rings is 1. The Morgan fingerprint density at radius 3 is 1.84 bits per heavy atom. The van der Waals surface area contributed by atoms with Gasteiger partial charge in [-0.2, -0.15) is 0 Å². The Balaban J connectivity index is 2.61. The minimum atomic E-state index is -1.38. The van der Waals surface area contributed by atoms with Gasteiger partial charge in [0.2, 0.25) is 0 Å². The first-order valence-corrected chi connectivity index (χ1v) is 5.38. The molecule has 1 aliphatic heterocycles. The zero-order chi connectivity index (χ0) is 14.2. The van der Waals surface area contributed by atoms with Gasteiger partial charge in [-0.25, -0.2) is 14.4 Å². The predicted octanol–water partition coefficient (Wildman–Crippen LogP) is 0.723. The Morgan fingerprint density at radius 1 is 1.05 bits per heavy atom. The van der Waals surface area contributed by atoms with Crippen molar-refractivity contribution in [2.75, 3.05) is 6.61 Å². The van der Waals surface area contributed by atoms with Crippen molar-refractivity contribution in [3.05, 3.63) is 34.4 Å². The molecule has 0 aromatic heterocycles. The monoisotopic (exact) mass is 266 g/mol. The van der Waals surface area contributed by atoms with Gasteiger partial charge in [0.1, 0.15) is 0 Å². The fraction of sp³-hybridized carbons (Fsp3) is 0.250. The quantitative estimate of drug-likeness (QED) is 0.670. The van der Waals surface area contributed by atoms with Crippen LogP contribution in [0.5, 0.6) is 0 Å². The van der Waals surface area contributed by atoms with E-state index in [1.54, 1.807) is 0 Å². The zero-order valence-electron chi connectivity index (χ0n) is 9.62. The second kappa shape index (κ2) is 4.69. The molecular weight excluding hydrogens is 256 g/mol. The third-order valence-electron chi connectivity index (χ3n) is 2.79. The fourth-order valence-electron chi connectivity index (χ4n) is 1.81. The van der Waals surface area contributed by atoms with Gasteiger partial charge in [-0.15, -0.1) is 0 Å². The van der Waals surface area contributed by atoms with Crippen molar-refractivity contribution in [2.45, 2.75) is 12.5 Å². The van der Waals surface area contributed by atoms with E-state index in [0.717, 1.165) is 12.1 Å². The molecule has 0 amide bonds. The Morgan fingerprint density at radius 2 is 1.53 bits per heavy atom. The van der Waals surface area contributed by atoms with Crippen molar-refractivity contribution in [2.24, 2.45) is 0 Å². The molecule has 0 spiro atoms. The van der Waals surface area contributed by atoms with Gasteiger partial charge in [-0.3, -0.25) is 0 Å². The van der Waals surface area contributed by atoms with Gasteiger partial charge in [0.15, 0.2) is 0 Å². The molecule has 0 saturated carbocycles. The van der Waals surface area contributed by atoms with Crippen LogP contribution in [0.2, 0.25) is 0 Å². The summed E-state index contributed by atoms with van der Waals surface area (Å²) in [5.74, 6) is -4.10. The number of ether oxygens (including phenoxy) is 1. The van der Waals surface area contributed by atoms with Gasteiger partial charge in [0.25, 0.3) is 0 Å². The highest BCUT2D eigenvalue weighted by Gasteiger charge is 2.29. The van der Waals surface area contributed by atoms with E-state index >= 15 is 0 Å². The summed E-state index contributed by atoms with van der Waals surface area (Å²) in [5.41, 5.74) is -0.900. The van der Waals surface area contributed by atoms with Crippen molar-refractivity contribution in [3.8, 4) is 0 Å². The van der Waals surface area contributed by atoms with Gasteiger partial charge >= 0.3 is 17.9 Å². The van der Waals surface area contributed by atoms with Crippen LogP contribution in [-0.4, -0.2) is 45.9 Å². The molecule has 7 nitrogen and oxygen atoms in total. The van der Waals surface area contributed by atoms with E-state index < -0.39 is 17.9 Å². The lowest BCUT2D eigenvalue weighted by atomic mass is 9.94. The predicted molar refractivity (Wildman–Crippen MR) is 60.8 cm³/mol. The third kappa shape index (κ3) is 2.71. The molecular formula is C12H10O7. The SMILES string of the molecule is O=C(O)c1cc(C(=O)O)c(CC2CO2)c(C(=O)O)c1. The number of carboxylic acid groups (broad SMARTS) is 3. The van der Waals surface area contributed by atoms with Crippen LogP contribution in [0.15, 0.2) is 12.1 Å². The van der Waals surface area contributed by atoms with E-state index in [4.69, 9.17) is 20.1 Å². The molecule has 2 rings (SSSR count). The van der Waals surface area contributed by atoms with Gasteiger partial charge in [0.05, 0.1) is 29.4 Å². The molecule has 19 heavy (non-hydrogen) atoms. The highest BCUT2D eigenvalue weighted by molar-refractivity contribution is 6.01. The number of hydrogen-bond donors (Lipinski definition) is 3. The molecule has 1 aromatic rings. The van der Waals surface area contributed by atoms with Crippen LogP contribution in [0.25, 0.3) is 0 Å². The normalized spacial score (nSPS) is 16.9. The maximum absolute atomic E-state index is 11.1. The van der Waals surface area contributed by atoms with Crippen molar-refractivity contribution in [3.63, 3.8) is 0 Å². The molecule has 1 saturated heterocycles. The summed E-state index contributed by atoms with van der Waals surface area (Å²) >= 11 is 0. The standard InChI is InChI=1S/C12H10O7/c13-10(14)5-1-8(11(15)16)7(3-6-4-19-6)9(2-5)12(17)18/h1-2,6H,3-4H2,(H,13,14)(H,15,16)(H,17,18). The van der Waals surface area contributed by atoms with E-state index in [1.165, 1.54) is 0 Å². The van der Waals surface area contributed by atoms with E-state index in [9.17, 15) is 14.4 Å². The van der Waals surface area contributed by atoms with E-state index in [1.807, 2.05) is 0 Å². The summed E-state index contributed by atoms with van der Waals surface area (Å²) in [6.45, 7) is 0.443. The molecule has 1 atom stereocenters. The van der Waals surface area contributed by atoms with Crippen LogP contribution >= 0.6 is 0 Å². The van der Waals surface area contributed by atoms with Gasteiger partial charge in [0, 0.05) is 6.42 Å². The Labute approximate surface area is 107 Å². The Kier molecular flexibility index (Phi) is 3.22. The van der Waals surface area contributed by atoms with Crippen LogP contribution in [-0.2, 0) is 11.2 Å². The maximum Gasteiger partial charge on any atom is 0.336 e. The molecule has 1 aromatic carbocycles. The summed E-state index contributed by atoms with van der Waals surface area (Å²) in [5, 5.41) is 27.0. The molecule has 1 aliphatic rings. The fourth-order valence-corrected chi connectivity index (χ4v) is 1.81. The van der Waals surface area contributed by atoms with Crippen molar-refractivity contribution in [1.82, 2.24) is 0 Å². The first-order chi connectivity index (χ1) is 8.90. The van der Waals surface area contributed by atoms with Gasteiger partial charge in [-0.1, -0.05) is 0 Å². The third-order valence-corrected chi connectivity index (χ3v) is 2.79. The average molecular weight is 266 g/mol. The van der Waals surface area contributed by atoms with Crippen molar-refractivity contribution < 1.29 is 34.4 Å². The average Bonchev–Trinajstić information content (AvgIpc) is 3.12. The van der Waals surface area contributed by atoms with Crippen LogP contribution in [0.3, 0.4) is 0 Å². The molecule has 3 N–H and O–H groups in total. The van der Waals surface area contributed by atoms with Crippen LogP contribution in [0.1, 0.15) is 36.6 Å². The molecule has 7 heteroatoms. The van der Waals surface area contributed by atoms with Crippen LogP contribution in [0, 0.1) is 0 Å². The second-order valence-electron chi connectivity index (χ2n) is 4.12. The smallest absolute Gasteiger partial charge is 0.336 e. The molecule has 1 unspecified atom stereocenters. The summed E-state index contributed by atoms with van der Waals surface area (Å²) < 4.78 is 4.96. The Bertz CT molecular complexity index is 536. The lowest BCUT2D eigenvalue weighted by Crippen LogP contribution is -2.14. The molecule has 100 valence electrons. The molecule has 0 aliphatic carbocycles. The zero-order valence-corrected chi connectivity index (χ0v) is 9.62. The number of carboxylic acids is 3. The van der Waals surface area contributed by atoms with Crippen molar-refractivity contribution in [1.29, 1.82) is 0 Å². The van der Waals surface area contributed by atoms with E-state index in [-0.39, 0.29) is 34.8 Å². The van der Waals surface area contributed by atoms with E-state index in [0.29, 0.717) is 6.61 Å². The number of rotatable bonds is 5. The highest BCUT2D eigenvalue weighted by Crippen LogP contribution is 2.24. The van der Waals surface area contributed by atoms with E-state index in [2.05, 4.69) is 0 Å². The number of hydrogen-bond acceptors (Lipinski definition) is 4. The van der Waals surface area contributed by atoms with Crippen molar-refractivity contribution >= 4 is 17.9 Å². The minimum Gasteiger partial charge on any atom is -0.478 e. The lowest BCUT2D eigenvalue weighted by Gasteiger charge is -2.10. The molecule has 1 fully saturated rings. The first kappa shape index (κ1) is 13.0.